The van der Waals surface area contributed by atoms with Gasteiger partial charge in [0.15, 0.2) is 0 Å². The monoisotopic (exact) mass is 527 g/mol. The van der Waals surface area contributed by atoms with Gasteiger partial charge in [0.2, 0.25) is 13.3 Å². The minimum Gasteiger partial charge on any atom is -0.477 e. The average molecular weight is 528 g/mol. The zero-order valence-electron chi connectivity index (χ0n) is 22.0. The van der Waals surface area contributed by atoms with Gasteiger partial charge in [-0.15, -0.1) is 11.3 Å². The Bertz CT molecular complexity index is 967. The second-order valence-electron chi connectivity index (χ2n) is 11.5. The lowest BCUT2D eigenvalue weighted by molar-refractivity contribution is -0.124. The molecule has 2 saturated carbocycles. The molecule has 2 fully saturated rings. The van der Waals surface area contributed by atoms with E-state index in [0.29, 0.717) is 24.4 Å². The molecule has 0 spiro atoms. The highest BCUT2D eigenvalue weighted by Gasteiger charge is 2.49. The Labute approximate surface area is 213 Å². The molecule has 7 nitrogen and oxygen atoms in total. The van der Waals surface area contributed by atoms with Crippen LogP contribution in [0, 0.1) is 11.8 Å². The molecule has 35 heavy (non-hydrogen) atoms. The summed E-state index contributed by atoms with van der Waals surface area (Å²) in [4.78, 5) is 29.1. The van der Waals surface area contributed by atoms with Gasteiger partial charge in [0.25, 0.3) is 0 Å². The van der Waals surface area contributed by atoms with E-state index in [1.54, 1.807) is 11.8 Å². The number of hydrogen-bond donors (Lipinski definition) is 2. The van der Waals surface area contributed by atoms with Crippen molar-refractivity contribution >= 4 is 36.3 Å². The normalized spacial score (nSPS) is 29.4. The highest BCUT2D eigenvalue weighted by molar-refractivity contribution is 7.59. The van der Waals surface area contributed by atoms with Gasteiger partial charge < -0.3 is 19.6 Å². The fourth-order valence-corrected chi connectivity index (χ4v) is 8.23. The number of carboxylic acid groups (broad SMARTS) is 1. The van der Waals surface area contributed by atoms with Gasteiger partial charge in [0.05, 0.1) is 12.3 Å². The van der Waals surface area contributed by atoms with Crippen molar-refractivity contribution in [3.63, 3.8) is 0 Å². The zero-order chi connectivity index (χ0) is 26.2. The minimum atomic E-state index is -3.25. The molecular weight excluding hydrogens is 485 g/mol. The van der Waals surface area contributed by atoms with Crippen LogP contribution in [0.1, 0.15) is 101 Å². The first-order valence-electron chi connectivity index (χ1n) is 12.9. The molecule has 1 aromatic heterocycles. The van der Waals surface area contributed by atoms with Crippen LogP contribution in [0.5, 0.6) is 0 Å². The number of amides is 1. The molecule has 198 valence electrons. The first kappa shape index (κ1) is 28.4. The van der Waals surface area contributed by atoms with Crippen LogP contribution in [-0.4, -0.2) is 46.7 Å². The van der Waals surface area contributed by atoms with Crippen LogP contribution in [0.2, 0.25) is 0 Å². The maximum atomic E-state index is 14.0. The molecule has 1 aromatic rings. The fourth-order valence-electron chi connectivity index (χ4n) is 5.38. The number of hydrogen-bond acceptors (Lipinski definition) is 6. The molecule has 9 heteroatoms. The maximum absolute atomic E-state index is 14.0. The number of carbonyl (C=O) groups excluding carboxylic acids is 1. The SMILES string of the molecule is CCOP(C)(=O)C1(O)CCC(N(C(=O)C2CCC(C)CC2)c2cc(C(C)(C)C)sc2C(=O)O)CC1. The lowest BCUT2D eigenvalue weighted by Crippen LogP contribution is -2.49. The van der Waals surface area contributed by atoms with Gasteiger partial charge in [-0.25, -0.2) is 4.79 Å². The summed E-state index contributed by atoms with van der Waals surface area (Å²) in [6, 6.07) is 1.62. The maximum Gasteiger partial charge on any atom is 0.348 e. The first-order chi connectivity index (χ1) is 16.2. The number of anilines is 1. The van der Waals surface area contributed by atoms with Gasteiger partial charge in [0, 0.05) is 23.5 Å². The number of rotatable bonds is 7. The van der Waals surface area contributed by atoms with Crippen LogP contribution >= 0.6 is 18.7 Å². The molecule has 1 amide bonds. The molecule has 0 bridgehead atoms. The number of aromatic carboxylic acids is 1. The van der Waals surface area contributed by atoms with E-state index in [9.17, 15) is 24.4 Å². The Morgan fingerprint density at radius 3 is 2.23 bits per heavy atom. The van der Waals surface area contributed by atoms with E-state index in [1.807, 2.05) is 26.8 Å². The Kier molecular flexibility index (Phi) is 8.63. The number of nitrogens with zero attached hydrogens (tertiary/aromatic N) is 1. The molecule has 2 aliphatic rings. The van der Waals surface area contributed by atoms with Gasteiger partial charge >= 0.3 is 5.97 Å². The fraction of sp³-hybridized carbons (Fsp3) is 0.769. The summed E-state index contributed by atoms with van der Waals surface area (Å²) >= 11 is 1.23. The van der Waals surface area contributed by atoms with Gasteiger partial charge in [0.1, 0.15) is 10.2 Å². The molecule has 1 heterocycles. The van der Waals surface area contributed by atoms with Crippen LogP contribution in [0.3, 0.4) is 0 Å². The zero-order valence-corrected chi connectivity index (χ0v) is 23.7. The summed E-state index contributed by atoms with van der Waals surface area (Å²) in [6.07, 6.45) is 4.97. The predicted molar refractivity (Wildman–Crippen MR) is 141 cm³/mol. The van der Waals surface area contributed by atoms with Crippen molar-refractivity contribution in [1.82, 2.24) is 0 Å². The molecule has 2 N–H and O–H groups in total. The predicted octanol–water partition coefficient (Wildman–Crippen LogP) is 6.48. The van der Waals surface area contributed by atoms with E-state index < -0.39 is 18.7 Å². The third-order valence-electron chi connectivity index (χ3n) is 7.76. The van der Waals surface area contributed by atoms with Crippen molar-refractivity contribution in [2.75, 3.05) is 18.2 Å². The second kappa shape index (κ2) is 10.6. The summed E-state index contributed by atoms with van der Waals surface area (Å²) < 4.78 is 18.5. The molecule has 0 aliphatic heterocycles. The average Bonchev–Trinajstić information content (AvgIpc) is 3.21. The molecule has 3 rings (SSSR count). The van der Waals surface area contributed by atoms with E-state index in [4.69, 9.17) is 4.52 Å². The van der Waals surface area contributed by atoms with Crippen LogP contribution in [0.15, 0.2) is 6.07 Å². The molecule has 0 aromatic carbocycles. The molecule has 0 saturated heterocycles. The Morgan fingerprint density at radius 2 is 1.74 bits per heavy atom. The molecule has 2 aliphatic carbocycles. The van der Waals surface area contributed by atoms with Crippen LogP contribution < -0.4 is 4.90 Å². The summed E-state index contributed by atoms with van der Waals surface area (Å²) in [5.74, 6) is -0.583. The molecule has 1 atom stereocenters. The van der Waals surface area contributed by atoms with Crippen molar-refractivity contribution in [3.8, 4) is 0 Å². The second-order valence-corrected chi connectivity index (χ2v) is 15.4. The number of aliphatic hydroxyl groups is 1. The topological polar surface area (TPSA) is 104 Å². The van der Waals surface area contributed by atoms with Crippen molar-refractivity contribution in [3.05, 3.63) is 15.8 Å². The van der Waals surface area contributed by atoms with Crippen molar-refractivity contribution in [2.24, 2.45) is 11.8 Å². The standard InChI is InChI=1S/C26H42NO6PS/c1-7-33-34(6,32)26(31)14-12-19(13-15-26)27(23(28)18-10-8-17(2)9-11-18)20-16-21(25(3,4)5)35-22(20)24(29)30/h16-19,31H,7-15H2,1-6H3,(H,29,30). The highest BCUT2D eigenvalue weighted by atomic mass is 32.1. The van der Waals surface area contributed by atoms with Crippen LogP contribution in [0.4, 0.5) is 5.69 Å². The molecular formula is C26H42NO6PS. The van der Waals surface area contributed by atoms with Crippen molar-refractivity contribution in [1.29, 1.82) is 0 Å². The van der Waals surface area contributed by atoms with E-state index in [0.717, 1.165) is 30.6 Å². The third-order valence-corrected chi connectivity index (χ3v) is 12.0. The largest absolute Gasteiger partial charge is 0.477 e. The smallest absolute Gasteiger partial charge is 0.348 e. The quantitative estimate of drug-likeness (QED) is 0.393. The van der Waals surface area contributed by atoms with E-state index >= 15 is 0 Å². The highest BCUT2D eigenvalue weighted by Crippen LogP contribution is 2.60. The van der Waals surface area contributed by atoms with Gasteiger partial charge in [-0.1, -0.05) is 27.7 Å². The van der Waals surface area contributed by atoms with Crippen molar-refractivity contribution in [2.45, 2.75) is 103 Å². The van der Waals surface area contributed by atoms with E-state index in [2.05, 4.69) is 6.92 Å². The number of carbonyl (C=O) groups is 2. The minimum absolute atomic E-state index is 0.0161. The van der Waals surface area contributed by atoms with E-state index in [1.165, 1.54) is 18.0 Å². The summed E-state index contributed by atoms with van der Waals surface area (Å²) in [6.45, 7) is 11.8. The number of carboxylic acids is 1. The lowest BCUT2D eigenvalue weighted by Gasteiger charge is -2.43. The molecule has 0 radical (unpaired) electrons. The third kappa shape index (κ3) is 6.03. The van der Waals surface area contributed by atoms with Gasteiger partial charge in [-0.2, -0.15) is 0 Å². The summed E-state index contributed by atoms with van der Waals surface area (Å²) in [7, 11) is -3.25. The lowest BCUT2D eigenvalue weighted by atomic mass is 9.81. The number of thiophene rings is 1. The van der Waals surface area contributed by atoms with E-state index in [-0.39, 0.29) is 47.6 Å². The Hall–Kier alpha value is -1.21. The van der Waals surface area contributed by atoms with Gasteiger partial charge in [-0.05, 0) is 75.7 Å². The van der Waals surface area contributed by atoms with Crippen LogP contribution in [0.25, 0.3) is 0 Å². The molecule has 1 unspecified atom stereocenters. The summed E-state index contributed by atoms with van der Waals surface area (Å²) in [5, 5.41) is 19.8. The van der Waals surface area contributed by atoms with Crippen molar-refractivity contribution < 1.29 is 28.9 Å². The van der Waals surface area contributed by atoms with Gasteiger partial charge in [-0.3, -0.25) is 9.36 Å². The Balaban J connectivity index is 1.98. The summed E-state index contributed by atoms with van der Waals surface area (Å²) in [5.41, 5.74) is 0.220. The first-order valence-corrected chi connectivity index (χ1v) is 15.7. The van der Waals surface area contributed by atoms with Crippen LogP contribution in [-0.2, 0) is 19.3 Å². The Morgan fingerprint density at radius 1 is 1.17 bits per heavy atom.